The van der Waals surface area contributed by atoms with E-state index in [1.807, 2.05) is 0 Å². The third kappa shape index (κ3) is 4.74. The van der Waals surface area contributed by atoms with Gasteiger partial charge in [-0.25, -0.2) is 12.7 Å². The van der Waals surface area contributed by atoms with E-state index in [2.05, 4.69) is 0 Å². The summed E-state index contributed by atoms with van der Waals surface area (Å²) >= 11 is 0. The lowest BCUT2D eigenvalue weighted by Crippen LogP contribution is -2.32. The fourth-order valence-corrected chi connectivity index (χ4v) is 3.55. The van der Waals surface area contributed by atoms with Crippen LogP contribution in [0.25, 0.3) is 0 Å². The van der Waals surface area contributed by atoms with Crippen LogP contribution in [0.1, 0.15) is 26.2 Å². The first kappa shape index (κ1) is 15.7. The van der Waals surface area contributed by atoms with Gasteiger partial charge in [-0.3, -0.25) is 0 Å². The number of sulfonamides is 1. The molecule has 1 saturated heterocycles. The Balaban J connectivity index is 2.45. The third-order valence-electron chi connectivity index (χ3n) is 3.13. The summed E-state index contributed by atoms with van der Waals surface area (Å²) in [5.41, 5.74) is 0. The topological polar surface area (TPSA) is 57.6 Å². The van der Waals surface area contributed by atoms with Gasteiger partial charge in [-0.05, 0) is 25.7 Å². The minimum atomic E-state index is -4.32. The maximum absolute atomic E-state index is 11.9. The summed E-state index contributed by atoms with van der Waals surface area (Å²) in [6.45, 7) is 2.07. The maximum Gasteiger partial charge on any atom is 0.389 e. The molecule has 2 atom stereocenters. The smallest absolute Gasteiger partial charge is 0.389 e. The largest absolute Gasteiger partial charge is 0.393 e. The van der Waals surface area contributed by atoms with Gasteiger partial charge in [0.1, 0.15) is 0 Å². The fraction of sp³-hybridized carbons (Fsp3) is 1.00. The molecule has 2 unspecified atom stereocenters. The number of alkyl halides is 3. The molecule has 0 radical (unpaired) electrons. The Labute approximate surface area is 105 Å². The van der Waals surface area contributed by atoms with Crippen molar-refractivity contribution in [3.05, 3.63) is 0 Å². The summed E-state index contributed by atoms with van der Waals surface area (Å²) in [6, 6.07) is 0. The molecule has 1 fully saturated rings. The summed E-state index contributed by atoms with van der Waals surface area (Å²) in [5, 5.41) is 9.35. The highest BCUT2D eigenvalue weighted by Crippen LogP contribution is 2.25. The molecule has 1 aliphatic heterocycles. The maximum atomic E-state index is 11.9. The number of aliphatic hydroxyl groups excluding tert-OH is 1. The summed E-state index contributed by atoms with van der Waals surface area (Å²) in [7, 11) is -3.63. The molecule has 0 saturated carbocycles. The minimum absolute atomic E-state index is 0.123. The van der Waals surface area contributed by atoms with Crippen LogP contribution >= 0.6 is 0 Å². The highest BCUT2D eigenvalue weighted by molar-refractivity contribution is 7.89. The van der Waals surface area contributed by atoms with Crippen molar-refractivity contribution in [1.29, 1.82) is 0 Å². The van der Waals surface area contributed by atoms with Crippen molar-refractivity contribution >= 4 is 10.0 Å². The van der Waals surface area contributed by atoms with Gasteiger partial charge < -0.3 is 5.11 Å². The van der Waals surface area contributed by atoms with E-state index in [4.69, 9.17) is 0 Å². The van der Waals surface area contributed by atoms with Crippen molar-refractivity contribution in [3.63, 3.8) is 0 Å². The van der Waals surface area contributed by atoms with E-state index in [0.29, 0.717) is 6.42 Å². The van der Waals surface area contributed by atoms with Gasteiger partial charge in [0.15, 0.2) is 0 Å². The Hall–Kier alpha value is -0.340. The van der Waals surface area contributed by atoms with Crippen molar-refractivity contribution in [3.8, 4) is 0 Å². The van der Waals surface area contributed by atoms with Crippen LogP contribution in [-0.4, -0.2) is 49.0 Å². The normalized spacial score (nSPS) is 24.4. The predicted octanol–water partition coefficient (Wildman–Crippen LogP) is 1.36. The lowest BCUT2D eigenvalue weighted by Gasteiger charge is -2.17. The molecule has 0 spiro atoms. The molecule has 0 amide bonds. The van der Waals surface area contributed by atoms with Crippen LogP contribution in [0.15, 0.2) is 0 Å². The zero-order valence-corrected chi connectivity index (χ0v) is 11.0. The third-order valence-corrected chi connectivity index (χ3v) is 5.05. The van der Waals surface area contributed by atoms with E-state index >= 15 is 0 Å². The fourth-order valence-electron chi connectivity index (χ4n) is 1.98. The van der Waals surface area contributed by atoms with Crippen LogP contribution in [0.4, 0.5) is 13.2 Å². The molecule has 1 N–H and O–H groups in total. The first-order valence-electron chi connectivity index (χ1n) is 5.84. The van der Waals surface area contributed by atoms with Gasteiger partial charge in [0.2, 0.25) is 10.0 Å². The molecule has 8 heteroatoms. The SMILES string of the molecule is CC(O)C1CCN(S(=O)(=O)CCCC(F)(F)F)C1. The molecule has 0 aromatic heterocycles. The standard InChI is InChI=1S/C10H18F3NO3S/c1-8(15)9-3-5-14(7-9)18(16,17)6-2-4-10(11,12)13/h8-9,15H,2-7H2,1H3. The lowest BCUT2D eigenvalue weighted by molar-refractivity contribution is -0.134. The average molecular weight is 289 g/mol. The van der Waals surface area contributed by atoms with E-state index in [0.717, 1.165) is 0 Å². The molecule has 0 aliphatic carbocycles. The predicted molar refractivity (Wildman–Crippen MR) is 60.4 cm³/mol. The van der Waals surface area contributed by atoms with Gasteiger partial charge >= 0.3 is 6.18 Å². The zero-order valence-electron chi connectivity index (χ0n) is 10.2. The molecule has 1 rings (SSSR count). The van der Waals surface area contributed by atoms with E-state index < -0.39 is 40.9 Å². The number of hydrogen-bond donors (Lipinski definition) is 1. The highest BCUT2D eigenvalue weighted by atomic mass is 32.2. The average Bonchev–Trinajstić information content (AvgIpc) is 2.63. The Morgan fingerprint density at radius 2 is 2.06 bits per heavy atom. The van der Waals surface area contributed by atoms with Crippen molar-refractivity contribution in [1.82, 2.24) is 4.31 Å². The molecule has 18 heavy (non-hydrogen) atoms. The molecule has 0 aromatic rings. The monoisotopic (exact) mass is 289 g/mol. The van der Waals surface area contributed by atoms with Crippen molar-refractivity contribution in [2.75, 3.05) is 18.8 Å². The van der Waals surface area contributed by atoms with Gasteiger partial charge in [-0.2, -0.15) is 13.2 Å². The second-order valence-corrected chi connectivity index (χ2v) is 6.77. The second kappa shape index (κ2) is 5.75. The summed E-state index contributed by atoms with van der Waals surface area (Å²) < 4.78 is 60.5. The van der Waals surface area contributed by atoms with E-state index in [1.165, 1.54) is 4.31 Å². The van der Waals surface area contributed by atoms with Gasteiger partial charge in [0.25, 0.3) is 0 Å². The van der Waals surface area contributed by atoms with Crippen molar-refractivity contribution in [2.45, 2.75) is 38.5 Å². The van der Waals surface area contributed by atoms with E-state index in [1.54, 1.807) is 6.92 Å². The molecular formula is C10H18F3NO3S. The Morgan fingerprint density at radius 1 is 1.44 bits per heavy atom. The number of halogens is 3. The Bertz CT molecular complexity index is 367. The van der Waals surface area contributed by atoms with E-state index in [9.17, 15) is 26.7 Å². The van der Waals surface area contributed by atoms with Gasteiger partial charge in [-0.15, -0.1) is 0 Å². The molecule has 108 valence electrons. The molecule has 0 aromatic carbocycles. The molecule has 1 heterocycles. The van der Waals surface area contributed by atoms with Gasteiger partial charge in [0.05, 0.1) is 11.9 Å². The summed E-state index contributed by atoms with van der Waals surface area (Å²) in [4.78, 5) is 0. The van der Waals surface area contributed by atoms with Crippen LogP contribution in [0.3, 0.4) is 0 Å². The quantitative estimate of drug-likeness (QED) is 0.831. The summed E-state index contributed by atoms with van der Waals surface area (Å²) in [5.74, 6) is -0.610. The number of nitrogens with zero attached hydrogens (tertiary/aromatic N) is 1. The Morgan fingerprint density at radius 3 is 2.50 bits per heavy atom. The highest BCUT2D eigenvalue weighted by Gasteiger charge is 2.34. The molecule has 4 nitrogen and oxygen atoms in total. The summed E-state index contributed by atoms with van der Waals surface area (Å²) in [6.07, 6.45) is -5.86. The number of hydrogen-bond acceptors (Lipinski definition) is 3. The molecule has 0 bridgehead atoms. The van der Waals surface area contributed by atoms with E-state index in [-0.39, 0.29) is 19.0 Å². The minimum Gasteiger partial charge on any atom is -0.393 e. The molecule has 1 aliphatic rings. The second-order valence-electron chi connectivity index (χ2n) is 4.68. The molecular weight excluding hydrogens is 271 g/mol. The first-order valence-corrected chi connectivity index (χ1v) is 7.45. The van der Waals surface area contributed by atoms with Crippen LogP contribution in [-0.2, 0) is 10.0 Å². The number of rotatable bonds is 5. The van der Waals surface area contributed by atoms with Crippen molar-refractivity contribution in [2.24, 2.45) is 5.92 Å². The van der Waals surface area contributed by atoms with Gasteiger partial charge in [0, 0.05) is 19.5 Å². The van der Waals surface area contributed by atoms with Gasteiger partial charge in [-0.1, -0.05) is 0 Å². The number of aliphatic hydroxyl groups is 1. The lowest BCUT2D eigenvalue weighted by atomic mass is 10.0. The first-order chi connectivity index (χ1) is 8.12. The van der Waals surface area contributed by atoms with Crippen LogP contribution in [0.5, 0.6) is 0 Å². The Kier molecular flexibility index (Phi) is 5.02. The van der Waals surface area contributed by atoms with Crippen LogP contribution < -0.4 is 0 Å². The zero-order chi connectivity index (χ0) is 14.0. The van der Waals surface area contributed by atoms with Crippen molar-refractivity contribution < 1.29 is 26.7 Å². The van der Waals surface area contributed by atoms with Crippen LogP contribution in [0, 0.1) is 5.92 Å². The van der Waals surface area contributed by atoms with Crippen LogP contribution in [0.2, 0.25) is 0 Å².